The number of hydrogen-bond donors (Lipinski definition) is 0. The second-order valence-electron chi connectivity index (χ2n) is 6.25. The van der Waals surface area contributed by atoms with Gasteiger partial charge in [-0.1, -0.05) is 41.4 Å². The smallest absolute Gasteiger partial charge is 0.208 e. The molecule has 3 nitrogen and oxygen atoms in total. The average molecular weight is 450 g/mol. The van der Waals surface area contributed by atoms with Gasteiger partial charge in [0.1, 0.15) is 11.6 Å². The Morgan fingerprint density at radius 1 is 0.862 bits per heavy atom. The standard InChI is InChI=1S/C21H11Cl2F2NO2S/c22-12-7-13(23)9-15(8-12)29(27,28)20-11-26-19-6-5-14(24)10-17(19)21(20)16-3-1-2-4-18(16)25/h1-11H. The number of fused-ring (bicyclic) bond motifs is 1. The molecule has 0 amide bonds. The van der Waals surface area contributed by atoms with E-state index in [2.05, 4.69) is 4.98 Å². The second-order valence-corrected chi connectivity index (χ2v) is 9.04. The molecule has 0 unspecified atom stereocenters. The predicted octanol–water partition coefficient (Wildman–Crippen LogP) is 6.32. The van der Waals surface area contributed by atoms with Gasteiger partial charge in [-0.05, 0) is 42.5 Å². The van der Waals surface area contributed by atoms with Crippen molar-refractivity contribution in [1.82, 2.24) is 4.98 Å². The predicted molar refractivity (Wildman–Crippen MR) is 109 cm³/mol. The van der Waals surface area contributed by atoms with Crippen molar-refractivity contribution in [3.63, 3.8) is 0 Å². The summed E-state index contributed by atoms with van der Waals surface area (Å²) < 4.78 is 55.4. The van der Waals surface area contributed by atoms with E-state index in [1.54, 1.807) is 6.07 Å². The largest absolute Gasteiger partial charge is 0.255 e. The summed E-state index contributed by atoms with van der Waals surface area (Å²) >= 11 is 11.9. The molecule has 1 heterocycles. The number of sulfone groups is 1. The molecule has 0 aliphatic heterocycles. The van der Waals surface area contributed by atoms with Gasteiger partial charge < -0.3 is 0 Å². The van der Waals surface area contributed by atoms with Crippen molar-refractivity contribution >= 4 is 43.9 Å². The number of benzene rings is 3. The summed E-state index contributed by atoms with van der Waals surface area (Å²) in [5.41, 5.74) is 0.355. The number of pyridine rings is 1. The summed E-state index contributed by atoms with van der Waals surface area (Å²) in [6.07, 6.45) is 1.13. The van der Waals surface area contributed by atoms with Crippen molar-refractivity contribution in [3.05, 3.63) is 88.5 Å². The number of nitrogens with zero attached hydrogens (tertiary/aromatic N) is 1. The molecule has 0 saturated heterocycles. The lowest BCUT2D eigenvalue weighted by Crippen LogP contribution is -2.06. The molecule has 146 valence electrons. The molecular weight excluding hydrogens is 439 g/mol. The Bertz CT molecular complexity index is 1350. The Balaban J connectivity index is 2.13. The molecular formula is C21H11Cl2F2NO2S. The van der Waals surface area contributed by atoms with Crippen LogP contribution in [0.4, 0.5) is 8.78 Å². The van der Waals surface area contributed by atoms with Gasteiger partial charge >= 0.3 is 0 Å². The first-order valence-electron chi connectivity index (χ1n) is 8.32. The molecule has 0 aliphatic rings. The van der Waals surface area contributed by atoms with E-state index in [0.29, 0.717) is 5.52 Å². The van der Waals surface area contributed by atoms with Crippen molar-refractivity contribution in [2.24, 2.45) is 0 Å². The van der Waals surface area contributed by atoms with Gasteiger partial charge in [0.2, 0.25) is 9.84 Å². The molecule has 3 aromatic carbocycles. The summed E-state index contributed by atoms with van der Waals surface area (Å²) in [7, 11) is -4.20. The first kappa shape index (κ1) is 19.8. The normalized spacial score (nSPS) is 11.7. The van der Waals surface area contributed by atoms with Gasteiger partial charge in [0, 0.05) is 32.8 Å². The van der Waals surface area contributed by atoms with Crippen LogP contribution in [0.2, 0.25) is 10.0 Å². The summed E-state index contributed by atoms with van der Waals surface area (Å²) in [5, 5.41) is 0.427. The van der Waals surface area contributed by atoms with E-state index in [1.807, 2.05) is 0 Å². The summed E-state index contributed by atoms with van der Waals surface area (Å²) in [4.78, 5) is 3.69. The van der Waals surface area contributed by atoms with Crippen molar-refractivity contribution in [2.75, 3.05) is 0 Å². The zero-order valence-corrected chi connectivity index (χ0v) is 16.9. The zero-order chi connectivity index (χ0) is 20.8. The number of rotatable bonds is 3. The molecule has 0 N–H and O–H groups in total. The van der Waals surface area contributed by atoms with Gasteiger partial charge in [-0.15, -0.1) is 0 Å². The van der Waals surface area contributed by atoms with Gasteiger partial charge in [-0.2, -0.15) is 0 Å². The second kappa shape index (κ2) is 7.37. The third kappa shape index (κ3) is 3.59. The topological polar surface area (TPSA) is 47.0 Å². The summed E-state index contributed by atoms with van der Waals surface area (Å²) in [6, 6.07) is 13.3. The third-order valence-corrected chi connectivity index (χ3v) is 6.56. The fraction of sp³-hybridized carbons (Fsp3) is 0. The quantitative estimate of drug-likeness (QED) is 0.367. The van der Waals surface area contributed by atoms with Crippen molar-refractivity contribution < 1.29 is 17.2 Å². The minimum atomic E-state index is -4.20. The Morgan fingerprint density at radius 2 is 1.55 bits per heavy atom. The van der Waals surface area contributed by atoms with E-state index in [1.165, 1.54) is 48.5 Å². The first-order valence-corrected chi connectivity index (χ1v) is 10.6. The van der Waals surface area contributed by atoms with Crippen LogP contribution in [0.25, 0.3) is 22.0 Å². The van der Waals surface area contributed by atoms with Gasteiger partial charge in [-0.3, -0.25) is 4.98 Å². The van der Waals surface area contributed by atoms with Crippen LogP contribution >= 0.6 is 23.2 Å². The van der Waals surface area contributed by atoms with Crippen LogP contribution in [0.5, 0.6) is 0 Å². The lowest BCUT2D eigenvalue weighted by molar-refractivity contribution is 0.595. The van der Waals surface area contributed by atoms with Gasteiger partial charge in [0.15, 0.2) is 0 Å². The maximum absolute atomic E-state index is 14.7. The highest BCUT2D eigenvalue weighted by Crippen LogP contribution is 2.38. The van der Waals surface area contributed by atoms with E-state index in [0.717, 1.165) is 12.3 Å². The molecule has 0 aliphatic carbocycles. The van der Waals surface area contributed by atoms with Crippen molar-refractivity contribution in [2.45, 2.75) is 9.79 Å². The zero-order valence-electron chi connectivity index (χ0n) is 14.5. The number of halogens is 4. The molecule has 0 fully saturated rings. The lowest BCUT2D eigenvalue weighted by atomic mass is 10.0. The Hall–Kier alpha value is -2.54. The molecule has 0 saturated carbocycles. The number of aromatic nitrogens is 1. The molecule has 29 heavy (non-hydrogen) atoms. The van der Waals surface area contributed by atoms with Crippen LogP contribution in [0.1, 0.15) is 0 Å². The Morgan fingerprint density at radius 3 is 2.24 bits per heavy atom. The molecule has 0 radical (unpaired) electrons. The SMILES string of the molecule is O=S(=O)(c1cc(Cl)cc(Cl)c1)c1cnc2ccc(F)cc2c1-c1ccccc1F. The van der Waals surface area contributed by atoms with Gasteiger partial charge in [0.25, 0.3) is 0 Å². The average Bonchev–Trinajstić information content (AvgIpc) is 2.67. The van der Waals surface area contributed by atoms with E-state index < -0.39 is 21.5 Å². The highest BCUT2D eigenvalue weighted by Gasteiger charge is 2.26. The van der Waals surface area contributed by atoms with Crippen LogP contribution in [0.3, 0.4) is 0 Å². The van der Waals surface area contributed by atoms with E-state index in [4.69, 9.17) is 23.2 Å². The molecule has 0 atom stereocenters. The lowest BCUT2D eigenvalue weighted by Gasteiger charge is -2.15. The van der Waals surface area contributed by atoms with Crippen LogP contribution in [-0.4, -0.2) is 13.4 Å². The summed E-state index contributed by atoms with van der Waals surface area (Å²) in [6.45, 7) is 0. The highest BCUT2D eigenvalue weighted by molar-refractivity contribution is 7.91. The van der Waals surface area contributed by atoms with E-state index in [9.17, 15) is 17.2 Å². The minimum absolute atomic E-state index is 0.0113. The monoisotopic (exact) mass is 449 g/mol. The van der Waals surface area contributed by atoms with Crippen LogP contribution in [-0.2, 0) is 9.84 Å². The Kier molecular flexibility index (Phi) is 5.02. The maximum atomic E-state index is 14.7. The van der Waals surface area contributed by atoms with Crippen LogP contribution in [0.15, 0.2) is 76.7 Å². The molecule has 8 heteroatoms. The van der Waals surface area contributed by atoms with E-state index in [-0.39, 0.29) is 36.3 Å². The maximum Gasteiger partial charge on any atom is 0.208 e. The molecule has 4 aromatic rings. The molecule has 0 bridgehead atoms. The minimum Gasteiger partial charge on any atom is -0.255 e. The third-order valence-electron chi connectivity index (χ3n) is 4.37. The van der Waals surface area contributed by atoms with Crippen molar-refractivity contribution in [3.8, 4) is 11.1 Å². The van der Waals surface area contributed by atoms with Crippen molar-refractivity contribution in [1.29, 1.82) is 0 Å². The van der Waals surface area contributed by atoms with Crippen LogP contribution in [0, 0.1) is 11.6 Å². The first-order chi connectivity index (χ1) is 13.8. The van der Waals surface area contributed by atoms with Crippen LogP contribution < -0.4 is 0 Å². The number of hydrogen-bond acceptors (Lipinski definition) is 3. The molecule has 1 aromatic heterocycles. The van der Waals surface area contributed by atoms with Gasteiger partial charge in [-0.25, -0.2) is 17.2 Å². The summed E-state index contributed by atoms with van der Waals surface area (Å²) in [5.74, 6) is -1.25. The van der Waals surface area contributed by atoms with Gasteiger partial charge in [0.05, 0.1) is 15.3 Å². The Labute approximate surface area is 175 Å². The molecule has 0 spiro atoms. The highest BCUT2D eigenvalue weighted by atomic mass is 35.5. The van der Waals surface area contributed by atoms with E-state index >= 15 is 0 Å². The molecule has 4 rings (SSSR count). The fourth-order valence-corrected chi connectivity index (χ4v) is 5.26. The fourth-order valence-electron chi connectivity index (χ4n) is 3.10.